The molecule has 1 atom stereocenters. The second kappa shape index (κ2) is 3.45. The van der Waals surface area contributed by atoms with Gasteiger partial charge in [0.05, 0.1) is 6.61 Å². The molecule has 0 N–H and O–H groups in total. The Morgan fingerprint density at radius 2 is 2.29 bits per heavy atom. The van der Waals surface area contributed by atoms with Crippen LogP contribution in [-0.4, -0.2) is 12.4 Å². The zero-order valence-corrected chi connectivity index (χ0v) is 8.54. The van der Waals surface area contributed by atoms with Crippen molar-refractivity contribution in [1.29, 1.82) is 0 Å². The number of carbonyl (C=O) groups excluding carboxylic acids is 1. The topological polar surface area (TPSA) is 26.3 Å². The van der Waals surface area contributed by atoms with E-state index in [1.807, 2.05) is 32.0 Å². The van der Waals surface area contributed by atoms with Crippen LogP contribution in [-0.2, 0) is 6.42 Å². The molecule has 0 heterocycles. The lowest BCUT2D eigenvalue weighted by atomic mass is 10.1. The average molecular weight is 190 g/mol. The Morgan fingerprint density at radius 1 is 1.50 bits per heavy atom. The van der Waals surface area contributed by atoms with Crippen LogP contribution in [0.3, 0.4) is 0 Å². The van der Waals surface area contributed by atoms with Crippen molar-refractivity contribution in [2.75, 3.05) is 6.61 Å². The molecule has 1 aromatic carbocycles. The molecule has 0 radical (unpaired) electrons. The standard InChI is InChI=1S/C12H14O2/c1-3-14-11-6-4-5-9-10(11)7-8(2)12(9)13/h4-6,8H,3,7H2,1-2H3. The highest BCUT2D eigenvalue weighted by Gasteiger charge is 2.29. The molecule has 0 bridgehead atoms. The third-order valence-electron chi connectivity index (χ3n) is 2.66. The van der Waals surface area contributed by atoms with E-state index in [1.165, 1.54) is 0 Å². The molecular weight excluding hydrogens is 176 g/mol. The first-order chi connectivity index (χ1) is 6.74. The number of carbonyl (C=O) groups is 1. The fraction of sp³-hybridized carbons (Fsp3) is 0.417. The zero-order chi connectivity index (χ0) is 10.1. The van der Waals surface area contributed by atoms with E-state index in [4.69, 9.17) is 4.74 Å². The monoisotopic (exact) mass is 190 g/mol. The van der Waals surface area contributed by atoms with Crippen LogP contribution in [0.5, 0.6) is 5.75 Å². The van der Waals surface area contributed by atoms with Crippen molar-refractivity contribution >= 4 is 5.78 Å². The van der Waals surface area contributed by atoms with Crippen molar-refractivity contribution in [3.8, 4) is 5.75 Å². The maximum absolute atomic E-state index is 11.7. The Morgan fingerprint density at radius 3 is 3.00 bits per heavy atom. The fourth-order valence-electron chi connectivity index (χ4n) is 1.96. The van der Waals surface area contributed by atoms with Crippen LogP contribution in [0.15, 0.2) is 18.2 Å². The van der Waals surface area contributed by atoms with Gasteiger partial charge < -0.3 is 4.74 Å². The Hall–Kier alpha value is -1.31. The van der Waals surface area contributed by atoms with Gasteiger partial charge in [-0.2, -0.15) is 0 Å². The van der Waals surface area contributed by atoms with Crippen molar-refractivity contribution < 1.29 is 9.53 Å². The van der Waals surface area contributed by atoms with Crippen LogP contribution in [0.1, 0.15) is 29.8 Å². The van der Waals surface area contributed by atoms with Crippen molar-refractivity contribution in [2.45, 2.75) is 20.3 Å². The summed E-state index contributed by atoms with van der Waals surface area (Å²) >= 11 is 0. The number of fused-ring (bicyclic) bond motifs is 1. The maximum Gasteiger partial charge on any atom is 0.166 e. The minimum Gasteiger partial charge on any atom is -0.494 e. The van der Waals surface area contributed by atoms with Crippen LogP contribution in [0.2, 0.25) is 0 Å². The van der Waals surface area contributed by atoms with Crippen LogP contribution >= 0.6 is 0 Å². The Kier molecular flexibility index (Phi) is 2.28. The molecule has 2 nitrogen and oxygen atoms in total. The van der Waals surface area contributed by atoms with E-state index < -0.39 is 0 Å². The minimum absolute atomic E-state index is 0.117. The first-order valence-corrected chi connectivity index (χ1v) is 5.03. The fourth-order valence-corrected chi connectivity index (χ4v) is 1.96. The number of hydrogen-bond acceptors (Lipinski definition) is 2. The molecule has 14 heavy (non-hydrogen) atoms. The molecule has 0 fully saturated rings. The van der Waals surface area contributed by atoms with Gasteiger partial charge in [-0.3, -0.25) is 4.79 Å². The van der Waals surface area contributed by atoms with Gasteiger partial charge in [-0.25, -0.2) is 0 Å². The maximum atomic E-state index is 11.7. The molecule has 0 spiro atoms. The molecule has 2 heteroatoms. The molecule has 0 aromatic heterocycles. The van der Waals surface area contributed by atoms with Crippen LogP contribution < -0.4 is 4.74 Å². The van der Waals surface area contributed by atoms with Gasteiger partial charge in [0.1, 0.15) is 5.75 Å². The Balaban J connectivity index is 2.45. The Labute approximate surface area is 83.9 Å². The lowest BCUT2D eigenvalue weighted by Gasteiger charge is -2.07. The highest BCUT2D eigenvalue weighted by Crippen LogP contribution is 2.33. The van der Waals surface area contributed by atoms with Gasteiger partial charge in [-0.15, -0.1) is 0 Å². The lowest BCUT2D eigenvalue weighted by Crippen LogP contribution is -2.02. The number of hydrogen-bond donors (Lipinski definition) is 0. The molecule has 1 aromatic rings. The van der Waals surface area contributed by atoms with Gasteiger partial charge in [0, 0.05) is 17.0 Å². The number of benzene rings is 1. The summed E-state index contributed by atoms with van der Waals surface area (Å²) in [6, 6.07) is 5.72. The molecule has 0 saturated heterocycles. The molecule has 1 aliphatic rings. The predicted octanol–water partition coefficient (Wildman–Crippen LogP) is 2.46. The average Bonchev–Trinajstić information content (AvgIpc) is 2.46. The lowest BCUT2D eigenvalue weighted by molar-refractivity contribution is 0.0946. The Bertz CT molecular complexity index is 369. The second-order valence-electron chi connectivity index (χ2n) is 3.68. The molecule has 0 saturated carbocycles. The van der Waals surface area contributed by atoms with Gasteiger partial charge in [-0.05, 0) is 19.4 Å². The molecule has 74 valence electrons. The summed E-state index contributed by atoms with van der Waals surface area (Å²) in [4.78, 5) is 11.7. The number of Topliss-reactive ketones (excluding diaryl/α,β-unsaturated/α-hetero) is 1. The van der Waals surface area contributed by atoms with Crippen LogP contribution in [0, 0.1) is 5.92 Å². The van der Waals surface area contributed by atoms with Crippen LogP contribution in [0.4, 0.5) is 0 Å². The largest absolute Gasteiger partial charge is 0.494 e. The van der Waals surface area contributed by atoms with Crippen molar-refractivity contribution in [3.05, 3.63) is 29.3 Å². The molecule has 1 aliphatic carbocycles. The smallest absolute Gasteiger partial charge is 0.166 e. The summed E-state index contributed by atoms with van der Waals surface area (Å²) in [6.45, 7) is 4.58. The second-order valence-corrected chi connectivity index (χ2v) is 3.68. The molecule has 1 unspecified atom stereocenters. The summed E-state index contributed by atoms with van der Waals surface area (Å²) in [6.07, 6.45) is 0.824. The van der Waals surface area contributed by atoms with Gasteiger partial charge in [-0.1, -0.05) is 19.1 Å². The first kappa shape index (κ1) is 9.25. The van der Waals surface area contributed by atoms with Crippen molar-refractivity contribution in [2.24, 2.45) is 5.92 Å². The van der Waals surface area contributed by atoms with Gasteiger partial charge in [0.25, 0.3) is 0 Å². The molecule has 2 rings (SSSR count). The number of rotatable bonds is 2. The van der Waals surface area contributed by atoms with E-state index in [-0.39, 0.29) is 11.7 Å². The number of ether oxygens (including phenoxy) is 1. The van der Waals surface area contributed by atoms with E-state index in [0.29, 0.717) is 6.61 Å². The molecule has 0 aliphatic heterocycles. The van der Waals surface area contributed by atoms with Crippen molar-refractivity contribution in [1.82, 2.24) is 0 Å². The van der Waals surface area contributed by atoms with Crippen molar-refractivity contribution in [3.63, 3.8) is 0 Å². The third-order valence-corrected chi connectivity index (χ3v) is 2.66. The van der Waals surface area contributed by atoms with Crippen LogP contribution in [0.25, 0.3) is 0 Å². The van der Waals surface area contributed by atoms with E-state index in [0.717, 1.165) is 23.3 Å². The van der Waals surface area contributed by atoms with E-state index in [2.05, 4.69) is 0 Å². The van der Waals surface area contributed by atoms with Gasteiger partial charge >= 0.3 is 0 Å². The minimum atomic E-state index is 0.117. The summed E-state index contributed by atoms with van der Waals surface area (Å²) in [5.74, 6) is 1.25. The van der Waals surface area contributed by atoms with E-state index in [9.17, 15) is 4.79 Å². The highest BCUT2D eigenvalue weighted by molar-refractivity contribution is 6.02. The molecule has 0 amide bonds. The third kappa shape index (κ3) is 1.31. The number of ketones is 1. The summed E-state index contributed by atoms with van der Waals surface area (Å²) in [7, 11) is 0. The molecular formula is C12H14O2. The van der Waals surface area contributed by atoms with E-state index in [1.54, 1.807) is 0 Å². The summed E-state index contributed by atoms with van der Waals surface area (Å²) in [5, 5.41) is 0. The normalized spacial score (nSPS) is 19.6. The van der Waals surface area contributed by atoms with E-state index >= 15 is 0 Å². The highest BCUT2D eigenvalue weighted by atomic mass is 16.5. The van der Waals surface area contributed by atoms with Gasteiger partial charge in [0.2, 0.25) is 0 Å². The first-order valence-electron chi connectivity index (χ1n) is 5.03. The zero-order valence-electron chi connectivity index (χ0n) is 8.54. The quantitative estimate of drug-likeness (QED) is 0.716. The summed E-state index contributed by atoms with van der Waals surface area (Å²) < 4.78 is 5.49. The summed E-state index contributed by atoms with van der Waals surface area (Å²) in [5.41, 5.74) is 1.94. The SMILES string of the molecule is CCOc1cccc2c1CC(C)C2=O. The van der Waals surface area contributed by atoms with Gasteiger partial charge in [0.15, 0.2) is 5.78 Å². The predicted molar refractivity (Wildman–Crippen MR) is 54.8 cm³/mol.